The summed E-state index contributed by atoms with van der Waals surface area (Å²) in [5.74, 6) is -0.844. The van der Waals surface area contributed by atoms with Crippen LogP contribution in [0.2, 0.25) is 0 Å². The smallest absolute Gasteiger partial charge is 0.243 e. The van der Waals surface area contributed by atoms with Crippen LogP contribution in [0.5, 0.6) is 0 Å². The van der Waals surface area contributed by atoms with Gasteiger partial charge in [0, 0.05) is 37.7 Å². The van der Waals surface area contributed by atoms with Crippen LogP contribution >= 0.6 is 0 Å². The molecule has 2 heterocycles. The van der Waals surface area contributed by atoms with Crippen LogP contribution in [0.15, 0.2) is 48.5 Å². The highest BCUT2D eigenvalue weighted by atomic mass is 19.1. The van der Waals surface area contributed by atoms with Gasteiger partial charge in [-0.25, -0.2) is 13.8 Å². The fraction of sp³-hybridized carbons (Fsp3) is 0.649. The minimum atomic E-state index is -0.989. The predicted molar refractivity (Wildman–Crippen MR) is 173 cm³/mol. The first-order valence-electron chi connectivity index (χ1n) is 17.7. The second-order valence-electron chi connectivity index (χ2n) is 14.3. The van der Waals surface area contributed by atoms with E-state index in [1.54, 1.807) is 0 Å². The lowest BCUT2D eigenvalue weighted by molar-refractivity contribution is -0.136. The van der Waals surface area contributed by atoms with E-state index >= 15 is 9.18 Å². The van der Waals surface area contributed by atoms with E-state index in [1.165, 1.54) is 62.6 Å². The monoisotopic (exact) mass is 622 g/mol. The Kier molecular flexibility index (Phi) is 10.9. The molecule has 8 heteroatoms. The molecular formula is C37H52F2N4O2. The lowest BCUT2D eigenvalue weighted by atomic mass is 9.72. The molecule has 6 rings (SSSR count). The number of nitrogens with zero attached hydrogens (tertiary/aromatic N) is 1. The van der Waals surface area contributed by atoms with Crippen molar-refractivity contribution in [2.75, 3.05) is 13.1 Å². The molecule has 2 aromatic rings. The van der Waals surface area contributed by atoms with Crippen molar-refractivity contribution < 1.29 is 18.4 Å². The van der Waals surface area contributed by atoms with Crippen molar-refractivity contribution in [3.05, 3.63) is 71.3 Å². The molecule has 0 bridgehead atoms. The van der Waals surface area contributed by atoms with Crippen molar-refractivity contribution in [1.29, 1.82) is 0 Å². The number of hydrogen-bond acceptors (Lipinski definition) is 5. The molecule has 2 saturated carbocycles. The number of carbonyl (C=O) groups is 1. The maximum absolute atomic E-state index is 15.0. The molecule has 0 radical (unpaired) electrons. The molecule has 4 fully saturated rings. The Morgan fingerprint density at radius 3 is 2.11 bits per heavy atom. The van der Waals surface area contributed by atoms with Crippen molar-refractivity contribution in [2.24, 2.45) is 11.8 Å². The van der Waals surface area contributed by atoms with Gasteiger partial charge in [0.2, 0.25) is 5.91 Å². The van der Waals surface area contributed by atoms with Gasteiger partial charge < -0.3 is 5.32 Å². The highest BCUT2D eigenvalue weighted by Crippen LogP contribution is 2.44. The van der Waals surface area contributed by atoms with E-state index in [1.807, 2.05) is 6.07 Å². The van der Waals surface area contributed by atoms with Gasteiger partial charge in [-0.2, -0.15) is 5.48 Å². The fourth-order valence-corrected chi connectivity index (χ4v) is 8.61. The van der Waals surface area contributed by atoms with Crippen LogP contribution in [0, 0.1) is 23.5 Å². The Morgan fingerprint density at radius 2 is 1.47 bits per heavy atom. The Morgan fingerprint density at radius 1 is 0.844 bits per heavy atom. The van der Waals surface area contributed by atoms with Gasteiger partial charge in [0.1, 0.15) is 23.3 Å². The highest BCUT2D eigenvalue weighted by Gasteiger charge is 2.55. The average Bonchev–Trinajstić information content (AvgIpc) is 3.66. The highest BCUT2D eigenvalue weighted by molar-refractivity contribution is 5.88. The van der Waals surface area contributed by atoms with E-state index in [-0.39, 0.29) is 11.8 Å². The fourth-order valence-electron chi connectivity index (χ4n) is 8.61. The molecule has 0 aromatic heterocycles. The first-order valence-corrected chi connectivity index (χ1v) is 17.7. The van der Waals surface area contributed by atoms with E-state index in [2.05, 4.69) is 45.5 Å². The Hall–Kier alpha value is -2.39. The number of hydroxylamine groups is 1. The molecule has 2 saturated heterocycles. The van der Waals surface area contributed by atoms with Crippen LogP contribution in [0.3, 0.4) is 0 Å². The molecule has 3 N–H and O–H groups in total. The van der Waals surface area contributed by atoms with Gasteiger partial charge in [-0.1, -0.05) is 107 Å². The molecule has 2 aliphatic heterocycles. The number of rotatable bonds is 7. The molecule has 45 heavy (non-hydrogen) atoms. The van der Waals surface area contributed by atoms with Crippen LogP contribution in [0.25, 0.3) is 0 Å². The number of halogens is 2. The number of amides is 1. The van der Waals surface area contributed by atoms with Gasteiger partial charge in [-0.3, -0.25) is 15.1 Å². The maximum atomic E-state index is 15.0. The molecule has 2 aliphatic carbocycles. The molecular weight excluding hydrogens is 570 g/mol. The molecule has 6 nitrogen and oxygen atoms in total. The first-order chi connectivity index (χ1) is 22.0. The third-order valence-electron chi connectivity index (χ3n) is 11.2. The summed E-state index contributed by atoms with van der Waals surface area (Å²) in [6, 6.07) is 14.1. The molecule has 2 aromatic carbocycles. The third-order valence-corrected chi connectivity index (χ3v) is 11.2. The van der Waals surface area contributed by atoms with E-state index in [0.29, 0.717) is 24.4 Å². The van der Waals surface area contributed by atoms with Crippen molar-refractivity contribution in [3.8, 4) is 0 Å². The summed E-state index contributed by atoms with van der Waals surface area (Å²) in [5, 5.41) is 5.99. The summed E-state index contributed by atoms with van der Waals surface area (Å²) >= 11 is 0. The van der Waals surface area contributed by atoms with Gasteiger partial charge >= 0.3 is 0 Å². The largest absolute Gasteiger partial charge is 0.346 e. The van der Waals surface area contributed by atoms with Crippen LogP contribution in [0.1, 0.15) is 120 Å². The molecule has 0 spiro atoms. The Labute approximate surface area is 268 Å². The number of hydrogen-bond donors (Lipinski definition) is 3. The lowest BCUT2D eigenvalue weighted by Crippen LogP contribution is -2.66. The normalized spacial score (nSPS) is 29.8. The third kappa shape index (κ3) is 7.61. The van der Waals surface area contributed by atoms with E-state index in [4.69, 9.17) is 4.84 Å². The standard InChI is InChI=1S/C37H52F2N4O2/c38-31-21-22-32(33(39)23-31)34-24-37(42-45-34,30-19-13-4-1-2-5-14-20-30)35(44)41-36(29-17-11-6-3-7-12-18-29)26-40-43(27-36)25-28-15-9-8-10-16-28/h8-10,15-16,21-23,29-30,34,40,42H,1-7,11-14,17-20,24-27H2,(H,41,44). The van der Waals surface area contributed by atoms with Gasteiger partial charge in [0.05, 0.1) is 5.54 Å². The Bertz CT molecular complexity index is 1250. The Balaban J connectivity index is 1.30. The average molecular weight is 623 g/mol. The summed E-state index contributed by atoms with van der Waals surface area (Å²) < 4.78 is 28.9. The summed E-state index contributed by atoms with van der Waals surface area (Å²) in [5.41, 5.74) is 7.06. The van der Waals surface area contributed by atoms with Gasteiger partial charge in [-0.15, -0.1) is 0 Å². The van der Waals surface area contributed by atoms with Crippen LogP contribution in [0.4, 0.5) is 8.78 Å². The molecule has 3 atom stereocenters. The molecule has 246 valence electrons. The minimum Gasteiger partial charge on any atom is -0.346 e. The number of hydrazine groups is 1. The summed E-state index contributed by atoms with van der Waals surface area (Å²) in [6.45, 7) is 2.19. The van der Waals surface area contributed by atoms with Gasteiger partial charge in [-0.05, 0) is 49.1 Å². The predicted octanol–water partition coefficient (Wildman–Crippen LogP) is 7.66. The zero-order chi connectivity index (χ0) is 31.1. The first kappa shape index (κ1) is 32.5. The second-order valence-corrected chi connectivity index (χ2v) is 14.3. The molecule has 1 amide bonds. The van der Waals surface area contributed by atoms with Gasteiger partial charge in [0.25, 0.3) is 0 Å². The van der Waals surface area contributed by atoms with Crippen molar-refractivity contribution in [2.45, 2.75) is 126 Å². The molecule has 4 aliphatic rings. The van der Waals surface area contributed by atoms with Crippen molar-refractivity contribution in [1.82, 2.24) is 21.2 Å². The second kappa shape index (κ2) is 15.0. The van der Waals surface area contributed by atoms with Crippen LogP contribution < -0.4 is 16.2 Å². The van der Waals surface area contributed by atoms with E-state index < -0.39 is 28.8 Å². The number of nitrogens with one attached hydrogen (secondary N) is 3. The van der Waals surface area contributed by atoms with Crippen molar-refractivity contribution in [3.63, 3.8) is 0 Å². The van der Waals surface area contributed by atoms with Gasteiger partial charge in [0.15, 0.2) is 0 Å². The topological polar surface area (TPSA) is 65.6 Å². The quantitative estimate of drug-likeness (QED) is 0.296. The zero-order valence-corrected chi connectivity index (χ0v) is 26.8. The number of carbonyl (C=O) groups excluding carboxylic acids is 1. The molecule has 3 unspecified atom stereocenters. The van der Waals surface area contributed by atoms with Crippen LogP contribution in [-0.4, -0.2) is 35.1 Å². The summed E-state index contributed by atoms with van der Waals surface area (Å²) in [7, 11) is 0. The minimum absolute atomic E-state index is 0.0258. The lowest BCUT2D eigenvalue weighted by Gasteiger charge is -2.43. The number of benzene rings is 2. The van der Waals surface area contributed by atoms with Crippen molar-refractivity contribution >= 4 is 5.91 Å². The zero-order valence-electron chi connectivity index (χ0n) is 26.8. The summed E-state index contributed by atoms with van der Waals surface area (Å²) in [4.78, 5) is 21.2. The summed E-state index contributed by atoms with van der Waals surface area (Å²) in [6.07, 6.45) is 16.8. The van der Waals surface area contributed by atoms with E-state index in [0.717, 1.165) is 70.5 Å². The van der Waals surface area contributed by atoms with Crippen LogP contribution in [-0.2, 0) is 16.2 Å². The SMILES string of the molecule is O=C(NC1(C2CCCCCCC2)CNN(Cc2ccccc2)C1)C1(C2CCCCCCCC2)CC(c2ccc(F)cc2F)ON1. The van der Waals surface area contributed by atoms with E-state index in [9.17, 15) is 4.39 Å². The maximum Gasteiger partial charge on any atom is 0.243 e.